The quantitative estimate of drug-likeness (QED) is 0.0205. The van der Waals surface area contributed by atoms with E-state index in [1.807, 2.05) is 6.08 Å². The molecule has 0 unspecified atom stereocenters. The minimum Gasteiger partial charge on any atom is -0.462 e. The molecule has 0 fully saturated rings. The van der Waals surface area contributed by atoms with Crippen molar-refractivity contribution in [1.82, 2.24) is 0 Å². The van der Waals surface area contributed by atoms with Gasteiger partial charge in [-0.15, -0.1) is 0 Å². The molecule has 0 radical (unpaired) electrons. The zero-order valence-electron chi connectivity index (χ0n) is 36.5. The summed E-state index contributed by atoms with van der Waals surface area (Å²) in [5.41, 5.74) is 0. The standard InChI is InChI=1S/C47H89O8P/c1-3-5-7-9-11-13-15-17-19-20-21-22-23-24-25-26-28-29-31-33-35-37-39-41-46(48)53-43-45(44-54-56(50,51)52)55-47(49)42-40-38-36-34-32-30-27-18-16-14-12-10-8-6-4-2/h36,38,40,42,45H,3-35,37,39,41,43-44H2,1-2H3,(H2,50,51,52)/b38-36+,42-40+/t45-/m1/s1. The van der Waals surface area contributed by atoms with E-state index in [1.165, 1.54) is 199 Å². The molecule has 0 amide bonds. The molecular formula is C47H89O8P. The summed E-state index contributed by atoms with van der Waals surface area (Å²) in [7, 11) is -4.78. The fraction of sp³-hybridized carbons (Fsp3) is 0.872. The summed E-state index contributed by atoms with van der Waals surface area (Å²) in [6.07, 6.45) is 51.2. The van der Waals surface area contributed by atoms with Crippen LogP contribution in [0.4, 0.5) is 0 Å². The smallest absolute Gasteiger partial charge is 0.462 e. The summed E-state index contributed by atoms with van der Waals surface area (Å²) in [5, 5.41) is 0. The van der Waals surface area contributed by atoms with Gasteiger partial charge in [0.15, 0.2) is 6.10 Å². The number of esters is 2. The van der Waals surface area contributed by atoms with Gasteiger partial charge in [0.25, 0.3) is 0 Å². The molecule has 56 heavy (non-hydrogen) atoms. The van der Waals surface area contributed by atoms with Crippen molar-refractivity contribution >= 4 is 19.8 Å². The second-order valence-electron chi connectivity index (χ2n) is 16.2. The molecule has 0 spiro atoms. The number of hydrogen-bond donors (Lipinski definition) is 2. The average molecular weight is 813 g/mol. The van der Waals surface area contributed by atoms with Crippen molar-refractivity contribution in [3.05, 3.63) is 24.3 Å². The Morgan fingerprint density at radius 3 is 1.23 bits per heavy atom. The Kier molecular flexibility index (Phi) is 42.0. The number of phosphoric ester groups is 1. The number of phosphoric acid groups is 1. The van der Waals surface area contributed by atoms with Gasteiger partial charge in [-0.1, -0.05) is 238 Å². The molecule has 0 aliphatic carbocycles. The summed E-state index contributed by atoms with van der Waals surface area (Å²) < 4.78 is 26.3. The molecule has 0 bridgehead atoms. The Hall–Kier alpha value is -1.47. The molecule has 0 saturated carbocycles. The number of unbranched alkanes of at least 4 members (excludes halogenated alkanes) is 33. The Bertz CT molecular complexity index is 962. The number of carbonyl (C=O) groups is 2. The van der Waals surface area contributed by atoms with Gasteiger partial charge >= 0.3 is 19.8 Å². The monoisotopic (exact) mass is 813 g/mol. The summed E-state index contributed by atoms with van der Waals surface area (Å²) in [5.74, 6) is -1.12. The molecule has 0 rings (SSSR count). The second-order valence-corrected chi connectivity index (χ2v) is 17.4. The second kappa shape index (κ2) is 43.1. The number of ether oxygens (including phenoxy) is 2. The molecular weight excluding hydrogens is 723 g/mol. The lowest BCUT2D eigenvalue weighted by atomic mass is 10.0. The fourth-order valence-corrected chi connectivity index (χ4v) is 7.41. The number of rotatable bonds is 44. The topological polar surface area (TPSA) is 119 Å². The lowest BCUT2D eigenvalue weighted by Crippen LogP contribution is -2.29. The molecule has 0 aromatic carbocycles. The molecule has 0 aliphatic heterocycles. The molecule has 0 aliphatic rings. The van der Waals surface area contributed by atoms with Gasteiger partial charge in [0.2, 0.25) is 0 Å². The zero-order valence-corrected chi connectivity index (χ0v) is 37.4. The summed E-state index contributed by atoms with van der Waals surface area (Å²) >= 11 is 0. The molecule has 0 aromatic heterocycles. The SMILES string of the molecule is CCCCCCCCCCCCC/C=C/C=C/C(=O)O[C@H](COC(=O)CCCCCCCCCCCCCCCCCCCCCCCCC)COP(=O)(O)O. The van der Waals surface area contributed by atoms with Crippen LogP contribution in [-0.4, -0.2) is 41.0 Å². The Morgan fingerprint density at radius 2 is 0.857 bits per heavy atom. The maximum absolute atomic E-state index is 12.3. The molecule has 9 heteroatoms. The van der Waals surface area contributed by atoms with Crippen LogP contribution in [0.2, 0.25) is 0 Å². The van der Waals surface area contributed by atoms with Crippen molar-refractivity contribution in [3.63, 3.8) is 0 Å². The third-order valence-electron chi connectivity index (χ3n) is 10.6. The number of carbonyl (C=O) groups excluding carboxylic acids is 2. The minimum absolute atomic E-state index is 0.253. The number of allylic oxidation sites excluding steroid dienone is 3. The van der Waals surface area contributed by atoms with Crippen molar-refractivity contribution in [1.29, 1.82) is 0 Å². The van der Waals surface area contributed by atoms with E-state index >= 15 is 0 Å². The molecule has 0 heterocycles. The predicted octanol–water partition coefficient (Wildman–Crippen LogP) is 14.7. The predicted molar refractivity (Wildman–Crippen MR) is 235 cm³/mol. The van der Waals surface area contributed by atoms with Gasteiger partial charge in [0.1, 0.15) is 6.61 Å². The maximum atomic E-state index is 12.3. The molecule has 0 saturated heterocycles. The van der Waals surface area contributed by atoms with Crippen LogP contribution >= 0.6 is 7.82 Å². The zero-order chi connectivity index (χ0) is 41.1. The third kappa shape index (κ3) is 45.2. The molecule has 0 aromatic rings. The van der Waals surface area contributed by atoms with E-state index in [0.717, 1.165) is 32.1 Å². The molecule has 8 nitrogen and oxygen atoms in total. The third-order valence-corrected chi connectivity index (χ3v) is 11.1. The fourth-order valence-electron chi connectivity index (χ4n) is 7.05. The van der Waals surface area contributed by atoms with E-state index in [4.69, 9.17) is 19.3 Å². The Labute approximate surface area is 345 Å². The Balaban J connectivity index is 3.85. The van der Waals surface area contributed by atoms with Gasteiger partial charge in [-0.2, -0.15) is 0 Å². The molecule has 330 valence electrons. The van der Waals surface area contributed by atoms with Gasteiger partial charge in [-0.3, -0.25) is 9.32 Å². The molecule has 2 N–H and O–H groups in total. The summed E-state index contributed by atoms with van der Waals surface area (Å²) in [6.45, 7) is 3.63. The van der Waals surface area contributed by atoms with Crippen LogP contribution in [-0.2, 0) is 28.2 Å². The maximum Gasteiger partial charge on any atom is 0.469 e. The lowest BCUT2D eigenvalue weighted by molar-refractivity contribution is -0.157. The largest absolute Gasteiger partial charge is 0.469 e. The van der Waals surface area contributed by atoms with Gasteiger partial charge in [0.05, 0.1) is 6.61 Å². The van der Waals surface area contributed by atoms with Gasteiger partial charge in [0, 0.05) is 12.5 Å². The van der Waals surface area contributed by atoms with Crippen LogP contribution in [0.3, 0.4) is 0 Å². The van der Waals surface area contributed by atoms with Crippen LogP contribution < -0.4 is 0 Å². The first kappa shape index (κ1) is 54.5. The van der Waals surface area contributed by atoms with Gasteiger partial charge in [-0.05, 0) is 19.3 Å². The normalized spacial score (nSPS) is 12.6. The van der Waals surface area contributed by atoms with E-state index in [-0.39, 0.29) is 13.0 Å². The minimum atomic E-state index is -4.78. The summed E-state index contributed by atoms with van der Waals surface area (Å²) in [4.78, 5) is 42.8. The van der Waals surface area contributed by atoms with Crippen LogP contribution in [0.1, 0.15) is 245 Å². The lowest BCUT2D eigenvalue weighted by Gasteiger charge is -2.17. The van der Waals surface area contributed by atoms with E-state index in [0.29, 0.717) is 0 Å². The first-order valence-corrected chi connectivity index (χ1v) is 25.2. The van der Waals surface area contributed by atoms with Crippen LogP contribution in [0, 0.1) is 0 Å². The average Bonchev–Trinajstić information content (AvgIpc) is 3.17. The van der Waals surface area contributed by atoms with Crippen LogP contribution in [0.25, 0.3) is 0 Å². The van der Waals surface area contributed by atoms with Crippen LogP contribution in [0.5, 0.6) is 0 Å². The Morgan fingerprint density at radius 1 is 0.500 bits per heavy atom. The van der Waals surface area contributed by atoms with Crippen LogP contribution in [0.15, 0.2) is 24.3 Å². The van der Waals surface area contributed by atoms with E-state index < -0.39 is 32.5 Å². The number of hydrogen-bond acceptors (Lipinski definition) is 6. The van der Waals surface area contributed by atoms with E-state index in [2.05, 4.69) is 18.4 Å². The van der Waals surface area contributed by atoms with Crippen molar-refractivity contribution in [2.45, 2.75) is 251 Å². The summed E-state index contributed by atoms with van der Waals surface area (Å²) in [6, 6.07) is 0. The highest BCUT2D eigenvalue weighted by atomic mass is 31.2. The van der Waals surface area contributed by atoms with Crippen molar-refractivity contribution in [3.8, 4) is 0 Å². The first-order valence-electron chi connectivity index (χ1n) is 23.7. The van der Waals surface area contributed by atoms with Crippen molar-refractivity contribution in [2.75, 3.05) is 13.2 Å². The first-order chi connectivity index (χ1) is 27.3. The van der Waals surface area contributed by atoms with Crippen molar-refractivity contribution < 1.29 is 37.9 Å². The molecule has 1 atom stereocenters. The highest BCUT2D eigenvalue weighted by molar-refractivity contribution is 7.46. The van der Waals surface area contributed by atoms with Gasteiger partial charge < -0.3 is 19.3 Å². The highest BCUT2D eigenvalue weighted by Crippen LogP contribution is 2.36. The highest BCUT2D eigenvalue weighted by Gasteiger charge is 2.22. The van der Waals surface area contributed by atoms with Gasteiger partial charge in [-0.25, -0.2) is 9.36 Å². The van der Waals surface area contributed by atoms with E-state index in [9.17, 15) is 14.2 Å². The van der Waals surface area contributed by atoms with E-state index in [1.54, 1.807) is 12.2 Å². The van der Waals surface area contributed by atoms with Crippen molar-refractivity contribution in [2.24, 2.45) is 0 Å².